The molecule has 0 saturated heterocycles. The molecule has 14 heteroatoms. The molecule has 0 fully saturated rings. The van der Waals surface area contributed by atoms with Gasteiger partial charge in [-0.15, -0.1) is 0 Å². The number of urea groups is 1. The fraction of sp³-hybridized carbons (Fsp3) is 0.308. The van der Waals surface area contributed by atoms with Gasteiger partial charge in [-0.3, -0.25) is 9.89 Å². The number of alkyl halides is 3. The number of nitrogens with zero attached hydrogens (tertiary/aromatic N) is 2. The van der Waals surface area contributed by atoms with Gasteiger partial charge < -0.3 is 30.7 Å². The Labute approximate surface area is 228 Å². The largest absolute Gasteiger partial charge is 0.490 e. The van der Waals surface area contributed by atoms with E-state index >= 15 is 0 Å². The van der Waals surface area contributed by atoms with Crippen LogP contribution in [0.15, 0.2) is 54.9 Å². The van der Waals surface area contributed by atoms with Gasteiger partial charge in [-0.2, -0.15) is 18.3 Å². The van der Waals surface area contributed by atoms with Crippen molar-refractivity contribution in [2.24, 2.45) is 0 Å². The van der Waals surface area contributed by atoms with E-state index in [9.17, 15) is 22.8 Å². The first-order valence-electron chi connectivity index (χ1n) is 12.0. The predicted octanol–water partition coefficient (Wildman–Crippen LogP) is 4.43. The Kier molecular flexibility index (Phi) is 11.5. The Morgan fingerprint density at radius 1 is 1.07 bits per heavy atom. The molecular weight excluding hydrogens is 533 g/mol. The van der Waals surface area contributed by atoms with Crippen LogP contribution < -0.4 is 20.7 Å². The molecule has 5 N–H and O–H groups in total. The molecule has 0 unspecified atom stereocenters. The highest BCUT2D eigenvalue weighted by Crippen LogP contribution is 2.31. The topological polar surface area (TPSA) is 149 Å². The number of carbonyl (C=O) groups excluding carboxylic acids is 2. The maximum absolute atomic E-state index is 12.7. The molecule has 0 aliphatic heterocycles. The van der Waals surface area contributed by atoms with Crippen LogP contribution in [0.2, 0.25) is 0 Å². The van der Waals surface area contributed by atoms with Crippen molar-refractivity contribution in [3.05, 3.63) is 60.4 Å². The second-order valence-electron chi connectivity index (χ2n) is 8.94. The first kappa shape index (κ1) is 31.6. The smallest absolute Gasteiger partial charge is 0.490 e. The first-order valence-corrected chi connectivity index (χ1v) is 12.0. The van der Waals surface area contributed by atoms with Crippen molar-refractivity contribution in [1.29, 1.82) is 0 Å². The molecule has 3 rings (SSSR count). The third kappa shape index (κ3) is 10.6. The molecule has 3 aromatic rings. The van der Waals surface area contributed by atoms with E-state index in [2.05, 4.69) is 26.1 Å². The van der Waals surface area contributed by atoms with Crippen LogP contribution in [-0.2, 0) is 4.79 Å². The van der Waals surface area contributed by atoms with Gasteiger partial charge in [-0.25, -0.2) is 9.59 Å². The third-order valence-electron chi connectivity index (χ3n) is 4.90. The minimum Gasteiger partial charge on any atom is -0.490 e. The summed E-state index contributed by atoms with van der Waals surface area (Å²) in [4.78, 5) is 35.8. The number of rotatable bonds is 9. The standard InChI is InChI=1S/C24H30N6O3.C2HF3O2/c1-16(2)27-23(31)18-6-5-7-20(12-18)28-24(32)29-21-9-8-17(19-14-25-26-15-19)13-22(21)33-11-10-30(3)4;3-2(4,5)1(6)7/h5-9,12-16H,10-11H2,1-4H3,(H,25,26)(H,27,31)(H2,28,29,32);(H,6,7). The van der Waals surface area contributed by atoms with Crippen LogP contribution in [0.25, 0.3) is 11.1 Å². The summed E-state index contributed by atoms with van der Waals surface area (Å²) < 4.78 is 37.7. The zero-order valence-corrected chi connectivity index (χ0v) is 22.3. The van der Waals surface area contributed by atoms with E-state index < -0.39 is 18.2 Å². The number of carbonyl (C=O) groups is 3. The highest BCUT2D eigenvalue weighted by Gasteiger charge is 2.38. The Morgan fingerprint density at radius 2 is 1.77 bits per heavy atom. The predicted molar refractivity (Wildman–Crippen MR) is 143 cm³/mol. The molecule has 0 atom stereocenters. The zero-order chi connectivity index (χ0) is 29.9. The van der Waals surface area contributed by atoms with Crippen LogP contribution in [0.5, 0.6) is 5.75 Å². The van der Waals surface area contributed by atoms with E-state index in [0.29, 0.717) is 29.3 Å². The number of amides is 3. The highest BCUT2D eigenvalue weighted by molar-refractivity contribution is 6.02. The van der Waals surface area contributed by atoms with Gasteiger partial charge in [-0.1, -0.05) is 12.1 Å². The number of hydrogen-bond donors (Lipinski definition) is 5. The lowest BCUT2D eigenvalue weighted by atomic mass is 10.1. The molecule has 3 amide bonds. The van der Waals surface area contributed by atoms with Crippen molar-refractivity contribution in [1.82, 2.24) is 20.4 Å². The summed E-state index contributed by atoms with van der Waals surface area (Å²) in [5, 5.41) is 22.4. The molecule has 11 nitrogen and oxygen atoms in total. The lowest BCUT2D eigenvalue weighted by molar-refractivity contribution is -0.192. The fourth-order valence-corrected chi connectivity index (χ4v) is 3.04. The number of anilines is 2. The molecule has 0 aliphatic carbocycles. The van der Waals surface area contributed by atoms with E-state index in [1.54, 1.807) is 42.7 Å². The second-order valence-corrected chi connectivity index (χ2v) is 8.94. The number of aromatic nitrogens is 2. The van der Waals surface area contributed by atoms with Crippen molar-refractivity contribution in [2.45, 2.75) is 26.1 Å². The van der Waals surface area contributed by atoms with E-state index in [1.165, 1.54) is 0 Å². The monoisotopic (exact) mass is 564 g/mol. The molecule has 0 radical (unpaired) electrons. The molecule has 216 valence electrons. The molecule has 0 spiro atoms. The van der Waals surface area contributed by atoms with Gasteiger partial charge in [0.25, 0.3) is 5.91 Å². The zero-order valence-electron chi connectivity index (χ0n) is 22.3. The van der Waals surface area contributed by atoms with E-state index in [0.717, 1.165) is 17.7 Å². The molecule has 0 saturated carbocycles. The summed E-state index contributed by atoms with van der Waals surface area (Å²) in [6.07, 6.45) is -1.57. The van der Waals surface area contributed by atoms with Crippen LogP contribution in [0.4, 0.5) is 29.3 Å². The summed E-state index contributed by atoms with van der Waals surface area (Å²) in [5.74, 6) is -2.40. The maximum Gasteiger partial charge on any atom is 0.490 e. The number of halogens is 3. The SMILES string of the molecule is CC(C)NC(=O)c1cccc(NC(=O)Nc2ccc(-c3cn[nH]c3)cc2OCCN(C)C)c1.O=C(O)C(F)(F)F. The number of aliphatic carboxylic acids is 1. The van der Waals surface area contributed by atoms with Crippen molar-refractivity contribution in [2.75, 3.05) is 37.9 Å². The van der Waals surface area contributed by atoms with Crippen LogP contribution in [-0.4, -0.2) is 77.6 Å². The number of likely N-dealkylation sites (N-methyl/N-ethyl adjacent to an activating group) is 1. The summed E-state index contributed by atoms with van der Waals surface area (Å²) in [5.41, 5.74) is 3.35. The average molecular weight is 565 g/mol. The van der Waals surface area contributed by atoms with Gasteiger partial charge >= 0.3 is 18.2 Å². The van der Waals surface area contributed by atoms with E-state index in [4.69, 9.17) is 14.6 Å². The third-order valence-corrected chi connectivity index (χ3v) is 4.90. The molecule has 0 aliphatic rings. The maximum atomic E-state index is 12.7. The Morgan fingerprint density at radius 3 is 2.35 bits per heavy atom. The molecule has 1 heterocycles. The molecule has 2 aromatic carbocycles. The number of hydrogen-bond acceptors (Lipinski definition) is 6. The van der Waals surface area contributed by atoms with E-state index in [1.807, 2.05) is 45.0 Å². The Balaban J connectivity index is 0.000000708. The quantitative estimate of drug-likeness (QED) is 0.258. The molecular formula is C26H31F3N6O5. The minimum atomic E-state index is -5.08. The second kappa shape index (κ2) is 14.5. The number of carboxylic acids is 1. The van der Waals surface area contributed by atoms with Crippen molar-refractivity contribution < 1.29 is 37.4 Å². The van der Waals surface area contributed by atoms with Crippen LogP contribution in [0.3, 0.4) is 0 Å². The van der Waals surface area contributed by atoms with Crippen LogP contribution in [0, 0.1) is 0 Å². The van der Waals surface area contributed by atoms with Gasteiger partial charge in [0, 0.05) is 35.6 Å². The number of nitrogens with one attached hydrogen (secondary N) is 4. The Hall–Kier alpha value is -4.59. The van der Waals surface area contributed by atoms with Gasteiger partial charge in [-0.05, 0) is 63.8 Å². The molecule has 1 aromatic heterocycles. The number of benzene rings is 2. The van der Waals surface area contributed by atoms with E-state index in [-0.39, 0.29) is 11.9 Å². The first-order chi connectivity index (χ1) is 18.8. The minimum absolute atomic E-state index is 0.0216. The lowest BCUT2D eigenvalue weighted by Gasteiger charge is -2.16. The summed E-state index contributed by atoms with van der Waals surface area (Å²) in [6.45, 7) is 4.98. The van der Waals surface area contributed by atoms with Gasteiger partial charge in [0.1, 0.15) is 12.4 Å². The lowest BCUT2D eigenvalue weighted by Crippen LogP contribution is -2.30. The molecule has 40 heavy (non-hydrogen) atoms. The number of ether oxygens (including phenoxy) is 1. The van der Waals surface area contributed by atoms with Crippen molar-refractivity contribution in [3.8, 4) is 16.9 Å². The summed E-state index contributed by atoms with van der Waals surface area (Å²) in [6, 6.07) is 11.9. The Bertz CT molecular complexity index is 1280. The van der Waals surface area contributed by atoms with Crippen molar-refractivity contribution >= 4 is 29.3 Å². The number of H-pyrrole nitrogens is 1. The van der Waals surface area contributed by atoms with Crippen LogP contribution in [0.1, 0.15) is 24.2 Å². The highest BCUT2D eigenvalue weighted by atomic mass is 19.4. The number of aromatic amines is 1. The number of carboxylic acid groups (broad SMARTS) is 1. The van der Waals surface area contributed by atoms with Gasteiger partial charge in [0.05, 0.1) is 11.9 Å². The molecule has 0 bridgehead atoms. The summed E-state index contributed by atoms with van der Waals surface area (Å²) in [7, 11) is 3.93. The van der Waals surface area contributed by atoms with Gasteiger partial charge in [0.15, 0.2) is 0 Å². The summed E-state index contributed by atoms with van der Waals surface area (Å²) >= 11 is 0. The van der Waals surface area contributed by atoms with Crippen molar-refractivity contribution in [3.63, 3.8) is 0 Å². The fourth-order valence-electron chi connectivity index (χ4n) is 3.04. The van der Waals surface area contributed by atoms with Crippen LogP contribution >= 0.6 is 0 Å². The normalized spacial score (nSPS) is 10.9. The van der Waals surface area contributed by atoms with Gasteiger partial charge in [0.2, 0.25) is 0 Å². The average Bonchev–Trinajstić information content (AvgIpc) is 3.39.